The SMILES string of the molecule is O=S1(=O)CC[C@@H](n2nc(-c3cccnc3)nc2COc2ccccc2)C1. The van der Waals surface area contributed by atoms with E-state index in [0.717, 1.165) is 11.3 Å². The minimum Gasteiger partial charge on any atom is -0.486 e. The fraction of sp³-hybridized carbons (Fsp3) is 0.278. The van der Waals surface area contributed by atoms with Gasteiger partial charge in [-0.25, -0.2) is 18.1 Å². The minimum absolute atomic E-state index is 0.0845. The monoisotopic (exact) mass is 370 g/mol. The largest absolute Gasteiger partial charge is 0.486 e. The van der Waals surface area contributed by atoms with Crippen molar-refractivity contribution in [2.45, 2.75) is 19.1 Å². The topological polar surface area (TPSA) is 87.0 Å². The van der Waals surface area contributed by atoms with Crippen molar-refractivity contribution in [1.29, 1.82) is 0 Å². The number of aromatic nitrogens is 4. The molecule has 1 aliphatic rings. The maximum atomic E-state index is 11.9. The number of hydrogen-bond acceptors (Lipinski definition) is 6. The van der Waals surface area contributed by atoms with E-state index in [-0.39, 0.29) is 24.2 Å². The van der Waals surface area contributed by atoms with Crippen molar-refractivity contribution in [3.8, 4) is 17.1 Å². The summed E-state index contributed by atoms with van der Waals surface area (Å²) < 4.78 is 31.3. The third-order valence-electron chi connectivity index (χ3n) is 4.29. The quantitative estimate of drug-likeness (QED) is 0.685. The Balaban J connectivity index is 1.65. The molecule has 0 bridgehead atoms. The van der Waals surface area contributed by atoms with Gasteiger partial charge in [0.2, 0.25) is 0 Å². The zero-order valence-electron chi connectivity index (χ0n) is 14.0. The van der Waals surface area contributed by atoms with Crippen LogP contribution in [0.2, 0.25) is 0 Å². The maximum Gasteiger partial charge on any atom is 0.183 e. The fourth-order valence-electron chi connectivity index (χ4n) is 3.00. The molecule has 0 N–H and O–H groups in total. The second kappa shape index (κ2) is 6.87. The molecule has 0 amide bonds. The number of hydrogen-bond donors (Lipinski definition) is 0. The number of ether oxygens (including phenoxy) is 1. The lowest BCUT2D eigenvalue weighted by atomic mass is 10.3. The average Bonchev–Trinajstić information content (AvgIpc) is 3.24. The zero-order chi connectivity index (χ0) is 18.0. The number of rotatable bonds is 5. The van der Waals surface area contributed by atoms with Crippen LogP contribution < -0.4 is 4.74 Å². The first-order valence-electron chi connectivity index (χ1n) is 8.35. The Hall–Kier alpha value is -2.74. The van der Waals surface area contributed by atoms with Gasteiger partial charge in [0.15, 0.2) is 21.5 Å². The van der Waals surface area contributed by atoms with Gasteiger partial charge in [-0.15, -0.1) is 0 Å². The lowest BCUT2D eigenvalue weighted by Crippen LogP contribution is -2.16. The molecule has 0 spiro atoms. The molecule has 1 aliphatic heterocycles. The first kappa shape index (κ1) is 16.7. The minimum atomic E-state index is -3.02. The highest BCUT2D eigenvalue weighted by Gasteiger charge is 2.32. The predicted molar refractivity (Wildman–Crippen MR) is 96.3 cm³/mol. The van der Waals surface area contributed by atoms with Gasteiger partial charge in [0.1, 0.15) is 12.4 Å². The summed E-state index contributed by atoms with van der Waals surface area (Å²) in [6.07, 6.45) is 3.91. The molecule has 0 saturated carbocycles. The summed E-state index contributed by atoms with van der Waals surface area (Å²) in [4.78, 5) is 8.68. The first-order valence-corrected chi connectivity index (χ1v) is 10.2. The fourth-order valence-corrected chi connectivity index (χ4v) is 4.69. The van der Waals surface area contributed by atoms with E-state index in [1.165, 1.54) is 0 Å². The van der Waals surface area contributed by atoms with Crippen LogP contribution in [0.4, 0.5) is 0 Å². The summed E-state index contributed by atoms with van der Waals surface area (Å²) >= 11 is 0. The van der Waals surface area contributed by atoms with E-state index in [2.05, 4.69) is 15.1 Å². The molecule has 26 heavy (non-hydrogen) atoms. The summed E-state index contributed by atoms with van der Waals surface area (Å²) in [6.45, 7) is 0.216. The summed E-state index contributed by atoms with van der Waals surface area (Å²) in [7, 11) is -3.02. The summed E-state index contributed by atoms with van der Waals surface area (Å²) in [6, 6.07) is 12.9. The molecular formula is C18H18N4O3S. The van der Waals surface area contributed by atoms with Gasteiger partial charge in [-0.05, 0) is 30.7 Å². The van der Waals surface area contributed by atoms with Crippen LogP contribution in [0, 0.1) is 0 Å². The van der Waals surface area contributed by atoms with Crippen LogP contribution >= 0.6 is 0 Å². The van der Waals surface area contributed by atoms with E-state index in [1.54, 1.807) is 17.1 Å². The third kappa shape index (κ3) is 3.60. The Labute approximate surface area is 151 Å². The molecule has 8 heteroatoms. The van der Waals surface area contributed by atoms with E-state index in [1.807, 2.05) is 42.5 Å². The van der Waals surface area contributed by atoms with Gasteiger partial charge in [-0.2, -0.15) is 5.10 Å². The molecule has 134 valence electrons. The number of nitrogens with zero attached hydrogens (tertiary/aromatic N) is 4. The van der Waals surface area contributed by atoms with E-state index in [4.69, 9.17) is 4.74 Å². The van der Waals surface area contributed by atoms with Crippen molar-refractivity contribution in [1.82, 2.24) is 19.7 Å². The summed E-state index contributed by atoms with van der Waals surface area (Å²) in [5.74, 6) is 2.12. The van der Waals surface area contributed by atoms with Crippen molar-refractivity contribution in [2.75, 3.05) is 11.5 Å². The Morgan fingerprint density at radius 2 is 2.00 bits per heavy atom. The van der Waals surface area contributed by atoms with Crippen LogP contribution in [0.5, 0.6) is 5.75 Å². The lowest BCUT2D eigenvalue weighted by Gasteiger charge is -2.12. The molecule has 1 fully saturated rings. The van der Waals surface area contributed by atoms with Crippen molar-refractivity contribution >= 4 is 9.84 Å². The van der Waals surface area contributed by atoms with E-state index < -0.39 is 9.84 Å². The Kier molecular flexibility index (Phi) is 4.42. The van der Waals surface area contributed by atoms with Crippen molar-refractivity contribution < 1.29 is 13.2 Å². The maximum absolute atomic E-state index is 11.9. The second-order valence-corrected chi connectivity index (χ2v) is 8.43. The Bertz CT molecular complexity index is 988. The Morgan fingerprint density at radius 3 is 2.69 bits per heavy atom. The normalized spacial score (nSPS) is 18.7. The van der Waals surface area contributed by atoms with Crippen LogP contribution in [0.1, 0.15) is 18.3 Å². The summed E-state index contributed by atoms with van der Waals surface area (Å²) in [5, 5.41) is 4.56. The highest BCUT2D eigenvalue weighted by molar-refractivity contribution is 7.91. The predicted octanol–water partition coefficient (Wildman–Crippen LogP) is 2.28. The molecule has 2 aromatic heterocycles. The van der Waals surface area contributed by atoms with Crippen molar-refractivity contribution in [3.63, 3.8) is 0 Å². The molecule has 0 radical (unpaired) electrons. The van der Waals surface area contributed by atoms with Gasteiger partial charge in [-0.3, -0.25) is 4.98 Å². The number of sulfone groups is 1. The smallest absolute Gasteiger partial charge is 0.183 e. The van der Waals surface area contributed by atoms with Gasteiger partial charge in [0.25, 0.3) is 0 Å². The van der Waals surface area contributed by atoms with Crippen molar-refractivity contribution in [3.05, 3.63) is 60.7 Å². The van der Waals surface area contributed by atoms with Crippen LogP contribution in [0.25, 0.3) is 11.4 Å². The highest BCUT2D eigenvalue weighted by atomic mass is 32.2. The molecule has 7 nitrogen and oxygen atoms in total. The van der Waals surface area contributed by atoms with Crippen LogP contribution in [0.15, 0.2) is 54.9 Å². The highest BCUT2D eigenvalue weighted by Crippen LogP contribution is 2.26. The molecule has 0 unspecified atom stereocenters. The van der Waals surface area contributed by atoms with Gasteiger partial charge < -0.3 is 4.74 Å². The van der Waals surface area contributed by atoms with Gasteiger partial charge >= 0.3 is 0 Å². The van der Waals surface area contributed by atoms with Gasteiger partial charge in [-0.1, -0.05) is 18.2 Å². The molecule has 0 aliphatic carbocycles. The Morgan fingerprint density at radius 1 is 1.15 bits per heavy atom. The molecule has 1 aromatic carbocycles. The van der Waals surface area contributed by atoms with Crippen LogP contribution in [-0.4, -0.2) is 39.7 Å². The number of pyridine rings is 1. The molecule has 3 aromatic rings. The van der Waals surface area contributed by atoms with E-state index >= 15 is 0 Å². The number of benzene rings is 1. The average molecular weight is 370 g/mol. The second-order valence-electron chi connectivity index (χ2n) is 6.20. The van der Waals surface area contributed by atoms with E-state index in [0.29, 0.717) is 18.1 Å². The molecular weight excluding hydrogens is 352 g/mol. The van der Waals surface area contributed by atoms with Gasteiger partial charge in [0.05, 0.1) is 17.5 Å². The molecule has 4 rings (SSSR count). The van der Waals surface area contributed by atoms with Crippen LogP contribution in [-0.2, 0) is 16.4 Å². The molecule has 1 saturated heterocycles. The standard InChI is InChI=1S/C18H18N4O3S/c23-26(24)10-8-15(13-26)22-17(12-25-16-6-2-1-3-7-16)20-18(21-22)14-5-4-9-19-11-14/h1-7,9,11,15H,8,10,12-13H2/t15-/m1/s1. The molecule has 1 atom stereocenters. The first-order chi connectivity index (χ1) is 12.6. The summed E-state index contributed by atoms with van der Waals surface area (Å²) in [5.41, 5.74) is 0.785. The third-order valence-corrected chi connectivity index (χ3v) is 6.04. The van der Waals surface area contributed by atoms with Crippen molar-refractivity contribution in [2.24, 2.45) is 0 Å². The number of para-hydroxylation sites is 1. The lowest BCUT2D eigenvalue weighted by molar-refractivity contribution is 0.281. The van der Waals surface area contributed by atoms with E-state index in [9.17, 15) is 8.42 Å². The van der Waals surface area contributed by atoms with Gasteiger partial charge in [0, 0.05) is 18.0 Å². The zero-order valence-corrected chi connectivity index (χ0v) is 14.8. The molecule has 3 heterocycles. The van der Waals surface area contributed by atoms with Crippen LogP contribution in [0.3, 0.4) is 0 Å².